The molecule has 0 spiro atoms. The highest BCUT2D eigenvalue weighted by Gasteiger charge is 2.06. The molecule has 2 rings (SSSR count). The van der Waals surface area contributed by atoms with Gasteiger partial charge < -0.3 is 19.0 Å². The molecule has 0 saturated heterocycles. The zero-order valence-corrected chi connectivity index (χ0v) is 11.0. The van der Waals surface area contributed by atoms with E-state index in [9.17, 15) is 0 Å². The van der Waals surface area contributed by atoms with Crippen LogP contribution in [0.2, 0.25) is 0 Å². The molecule has 4 heteroatoms. The predicted octanol–water partition coefficient (Wildman–Crippen LogP) is 3.14. The maximum Gasteiger partial charge on any atom is 0.161 e. The largest absolute Gasteiger partial charge is 0.490 e. The van der Waals surface area contributed by atoms with E-state index in [1.807, 2.05) is 24.3 Å². The van der Waals surface area contributed by atoms with Crippen LogP contribution in [0, 0.1) is 0 Å². The van der Waals surface area contributed by atoms with Gasteiger partial charge in [-0.05, 0) is 30.7 Å². The van der Waals surface area contributed by atoms with Crippen LogP contribution < -0.4 is 9.47 Å². The van der Waals surface area contributed by atoms with E-state index < -0.39 is 0 Å². The van der Waals surface area contributed by atoms with Gasteiger partial charge in [0.25, 0.3) is 0 Å². The van der Waals surface area contributed by atoms with Crippen molar-refractivity contribution in [3.63, 3.8) is 0 Å². The van der Waals surface area contributed by atoms with Crippen LogP contribution in [-0.2, 0) is 13.2 Å². The molecule has 0 atom stereocenters. The summed E-state index contributed by atoms with van der Waals surface area (Å²) >= 11 is 0. The van der Waals surface area contributed by atoms with Gasteiger partial charge in [-0.15, -0.1) is 0 Å². The van der Waals surface area contributed by atoms with Crippen molar-refractivity contribution in [1.82, 2.24) is 0 Å². The second-order valence-electron chi connectivity index (χ2n) is 4.11. The molecule has 0 aliphatic carbocycles. The Morgan fingerprint density at radius 1 is 1.00 bits per heavy atom. The SMILES string of the molecule is CCCOc1ccccc1OCc1ccc(CO)o1. The lowest BCUT2D eigenvalue weighted by Gasteiger charge is -2.11. The highest BCUT2D eigenvalue weighted by Crippen LogP contribution is 2.27. The number of furan rings is 1. The summed E-state index contributed by atoms with van der Waals surface area (Å²) in [5, 5.41) is 8.92. The standard InChI is InChI=1S/C15H18O4/c1-2-9-17-14-5-3-4-6-15(14)18-11-13-8-7-12(10-16)19-13/h3-8,16H,2,9-11H2,1H3. The van der Waals surface area contributed by atoms with Crippen molar-refractivity contribution in [3.05, 3.63) is 47.9 Å². The molecule has 19 heavy (non-hydrogen) atoms. The summed E-state index contributed by atoms with van der Waals surface area (Å²) in [6, 6.07) is 11.1. The van der Waals surface area contributed by atoms with Crippen molar-refractivity contribution >= 4 is 0 Å². The second kappa shape index (κ2) is 6.85. The number of hydrogen-bond acceptors (Lipinski definition) is 4. The van der Waals surface area contributed by atoms with Crippen LogP contribution in [0.15, 0.2) is 40.8 Å². The van der Waals surface area contributed by atoms with E-state index in [0.29, 0.717) is 30.5 Å². The van der Waals surface area contributed by atoms with E-state index in [-0.39, 0.29) is 6.61 Å². The van der Waals surface area contributed by atoms with E-state index >= 15 is 0 Å². The first-order valence-corrected chi connectivity index (χ1v) is 6.36. The molecule has 0 aliphatic heterocycles. The summed E-state index contributed by atoms with van der Waals surface area (Å²) in [4.78, 5) is 0. The minimum atomic E-state index is -0.101. The zero-order valence-electron chi connectivity index (χ0n) is 11.0. The van der Waals surface area contributed by atoms with Gasteiger partial charge in [0.15, 0.2) is 11.5 Å². The van der Waals surface area contributed by atoms with Crippen molar-refractivity contribution in [2.45, 2.75) is 26.6 Å². The molecule has 0 fully saturated rings. The summed E-state index contributed by atoms with van der Waals surface area (Å²) in [5.74, 6) is 2.64. The second-order valence-corrected chi connectivity index (χ2v) is 4.11. The fraction of sp³-hybridized carbons (Fsp3) is 0.333. The third-order valence-electron chi connectivity index (χ3n) is 2.55. The minimum absolute atomic E-state index is 0.101. The molecule has 0 radical (unpaired) electrons. The van der Waals surface area contributed by atoms with Gasteiger partial charge in [-0.1, -0.05) is 19.1 Å². The average molecular weight is 262 g/mol. The number of rotatable bonds is 7. The van der Waals surface area contributed by atoms with E-state index in [1.165, 1.54) is 0 Å². The number of aliphatic hydroxyl groups is 1. The molecular formula is C15H18O4. The maximum atomic E-state index is 8.92. The lowest BCUT2D eigenvalue weighted by Crippen LogP contribution is -2.00. The first-order valence-electron chi connectivity index (χ1n) is 6.36. The van der Waals surface area contributed by atoms with Crippen molar-refractivity contribution in [2.75, 3.05) is 6.61 Å². The van der Waals surface area contributed by atoms with Gasteiger partial charge in [0, 0.05) is 0 Å². The summed E-state index contributed by atoms with van der Waals surface area (Å²) in [5.41, 5.74) is 0. The van der Waals surface area contributed by atoms with Crippen LogP contribution in [0.3, 0.4) is 0 Å². The van der Waals surface area contributed by atoms with E-state index in [1.54, 1.807) is 12.1 Å². The number of benzene rings is 1. The van der Waals surface area contributed by atoms with Crippen LogP contribution in [0.4, 0.5) is 0 Å². The van der Waals surface area contributed by atoms with Gasteiger partial charge in [-0.3, -0.25) is 0 Å². The van der Waals surface area contributed by atoms with Gasteiger partial charge in [0.05, 0.1) is 6.61 Å². The molecule has 4 nitrogen and oxygen atoms in total. The quantitative estimate of drug-likeness (QED) is 0.832. The number of hydrogen-bond donors (Lipinski definition) is 1. The predicted molar refractivity (Wildman–Crippen MR) is 71.2 cm³/mol. The van der Waals surface area contributed by atoms with Gasteiger partial charge >= 0.3 is 0 Å². The highest BCUT2D eigenvalue weighted by atomic mass is 16.5. The molecular weight excluding hydrogens is 244 g/mol. The third-order valence-corrected chi connectivity index (χ3v) is 2.55. The van der Waals surface area contributed by atoms with E-state index in [0.717, 1.165) is 12.2 Å². The topological polar surface area (TPSA) is 51.8 Å². The molecule has 0 unspecified atom stereocenters. The van der Waals surface area contributed by atoms with Crippen LogP contribution >= 0.6 is 0 Å². The van der Waals surface area contributed by atoms with Gasteiger partial charge in [0.1, 0.15) is 24.7 Å². The normalized spacial score (nSPS) is 10.4. The van der Waals surface area contributed by atoms with E-state index in [2.05, 4.69) is 6.92 Å². The Morgan fingerprint density at radius 3 is 2.32 bits per heavy atom. The number of ether oxygens (including phenoxy) is 2. The van der Waals surface area contributed by atoms with Crippen molar-refractivity contribution in [2.24, 2.45) is 0 Å². The molecule has 2 aromatic rings. The molecule has 0 saturated carbocycles. The molecule has 0 amide bonds. The maximum absolute atomic E-state index is 8.92. The molecule has 1 aromatic carbocycles. The van der Waals surface area contributed by atoms with Gasteiger partial charge in [-0.25, -0.2) is 0 Å². The van der Waals surface area contributed by atoms with E-state index in [4.69, 9.17) is 19.0 Å². The molecule has 0 aliphatic rings. The molecule has 102 valence electrons. The van der Waals surface area contributed by atoms with Crippen LogP contribution in [-0.4, -0.2) is 11.7 Å². The number of para-hydroxylation sites is 2. The first-order chi connectivity index (χ1) is 9.33. The fourth-order valence-electron chi connectivity index (χ4n) is 1.63. The van der Waals surface area contributed by atoms with Crippen LogP contribution in [0.25, 0.3) is 0 Å². The number of aliphatic hydroxyl groups excluding tert-OH is 1. The first kappa shape index (κ1) is 13.5. The van der Waals surface area contributed by atoms with Crippen LogP contribution in [0.1, 0.15) is 24.9 Å². The van der Waals surface area contributed by atoms with Crippen molar-refractivity contribution in [3.8, 4) is 11.5 Å². The van der Waals surface area contributed by atoms with Crippen molar-refractivity contribution < 1.29 is 19.0 Å². The molecule has 1 heterocycles. The smallest absolute Gasteiger partial charge is 0.161 e. The Labute approximate surface area is 112 Å². The van der Waals surface area contributed by atoms with Gasteiger partial charge in [0.2, 0.25) is 0 Å². The summed E-state index contributed by atoms with van der Waals surface area (Å²) in [7, 11) is 0. The summed E-state index contributed by atoms with van der Waals surface area (Å²) in [6.45, 7) is 2.93. The zero-order chi connectivity index (χ0) is 13.5. The van der Waals surface area contributed by atoms with Gasteiger partial charge in [-0.2, -0.15) is 0 Å². The lowest BCUT2D eigenvalue weighted by molar-refractivity contribution is 0.218. The average Bonchev–Trinajstić information content (AvgIpc) is 2.91. The lowest BCUT2D eigenvalue weighted by atomic mass is 10.3. The Hall–Kier alpha value is -1.94. The van der Waals surface area contributed by atoms with Crippen LogP contribution in [0.5, 0.6) is 11.5 Å². The van der Waals surface area contributed by atoms with Crippen molar-refractivity contribution in [1.29, 1.82) is 0 Å². The molecule has 1 aromatic heterocycles. The molecule has 1 N–H and O–H groups in total. The Kier molecular flexibility index (Phi) is 4.86. The summed E-state index contributed by atoms with van der Waals surface area (Å²) < 4.78 is 16.6. The Morgan fingerprint density at radius 2 is 1.68 bits per heavy atom. The summed E-state index contributed by atoms with van der Waals surface area (Å²) in [6.07, 6.45) is 0.951. The Bertz CT molecular complexity index is 504. The minimum Gasteiger partial charge on any atom is -0.490 e. The fourth-order valence-corrected chi connectivity index (χ4v) is 1.63. The monoisotopic (exact) mass is 262 g/mol. The molecule has 0 bridgehead atoms. The third kappa shape index (κ3) is 3.76. The Balaban J connectivity index is 1.98. The highest BCUT2D eigenvalue weighted by molar-refractivity contribution is 5.39.